The highest BCUT2D eigenvalue weighted by atomic mass is 19.3. The lowest BCUT2D eigenvalue weighted by Crippen LogP contribution is -2.56. The van der Waals surface area contributed by atoms with Crippen molar-refractivity contribution in [1.82, 2.24) is 20.1 Å². The molecule has 2 amide bonds. The molecule has 0 spiro atoms. The average Bonchev–Trinajstić information content (AvgIpc) is 3.06. The van der Waals surface area contributed by atoms with Crippen LogP contribution in [0.15, 0.2) is 60.8 Å². The quantitative estimate of drug-likeness (QED) is 0.363. The number of hydrogen-bond donors (Lipinski definition) is 1. The number of piperazine rings is 1. The SMILES string of the molecule is CN1CCN(C(=O)CCC(=O)NC2CC(C(F)(F)C(=O)OCc3ccccc3)CN(c3ccc(C#N)c4ncccc34)C2)CC1. The van der Waals surface area contributed by atoms with Crippen molar-refractivity contribution >= 4 is 34.4 Å². The lowest BCUT2D eigenvalue weighted by atomic mass is 9.87. The number of carbonyl (C=O) groups is 3. The summed E-state index contributed by atoms with van der Waals surface area (Å²) in [5.74, 6) is -7.52. The zero-order valence-electron chi connectivity index (χ0n) is 25.1. The van der Waals surface area contributed by atoms with Crippen LogP contribution < -0.4 is 10.2 Å². The number of carbonyl (C=O) groups excluding carboxylic acids is 3. The summed E-state index contributed by atoms with van der Waals surface area (Å²) in [7, 11) is 1.99. The molecule has 1 N–H and O–H groups in total. The third-order valence-electron chi connectivity index (χ3n) is 8.44. The van der Waals surface area contributed by atoms with Crippen molar-refractivity contribution in [3.63, 3.8) is 0 Å². The van der Waals surface area contributed by atoms with E-state index in [-0.39, 0.29) is 44.9 Å². The van der Waals surface area contributed by atoms with Crippen molar-refractivity contribution in [1.29, 1.82) is 5.26 Å². The van der Waals surface area contributed by atoms with Crippen LogP contribution in [0.1, 0.15) is 30.4 Å². The summed E-state index contributed by atoms with van der Waals surface area (Å²) in [6.07, 6.45) is 1.32. The second-order valence-corrected chi connectivity index (χ2v) is 11.6. The summed E-state index contributed by atoms with van der Waals surface area (Å²) >= 11 is 0. The number of hydrogen-bond acceptors (Lipinski definition) is 8. The average molecular weight is 619 g/mol. The molecule has 5 rings (SSSR count). The molecule has 2 saturated heterocycles. The van der Waals surface area contributed by atoms with Gasteiger partial charge in [-0.25, -0.2) is 4.79 Å². The van der Waals surface area contributed by atoms with E-state index in [1.165, 1.54) is 0 Å². The van der Waals surface area contributed by atoms with Crippen molar-refractivity contribution in [3.8, 4) is 6.07 Å². The molecule has 2 fully saturated rings. The first-order chi connectivity index (χ1) is 21.7. The van der Waals surface area contributed by atoms with Gasteiger partial charge in [0.2, 0.25) is 11.8 Å². The van der Waals surface area contributed by atoms with Gasteiger partial charge in [0.15, 0.2) is 0 Å². The van der Waals surface area contributed by atoms with E-state index in [4.69, 9.17) is 4.74 Å². The van der Waals surface area contributed by atoms with Gasteiger partial charge in [0.05, 0.1) is 17.0 Å². The van der Waals surface area contributed by atoms with Crippen LogP contribution >= 0.6 is 0 Å². The van der Waals surface area contributed by atoms with Crippen molar-refractivity contribution < 1.29 is 27.9 Å². The normalized spacial score (nSPS) is 19.2. The maximum atomic E-state index is 15.8. The summed E-state index contributed by atoms with van der Waals surface area (Å²) in [6.45, 7) is 2.41. The fourth-order valence-corrected chi connectivity index (χ4v) is 5.91. The molecule has 2 unspecified atom stereocenters. The topological polar surface area (TPSA) is 119 Å². The van der Waals surface area contributed by atoms with Crippen LogP contribution in [-0.2, 0) is 25.7 Å². The molecule has 12 heteroatoms. The van der Waals surface area contributed by atoms with Gasteiger partial charge < -0.3 is 24.8 Å². The Balaban J connectivity index is 1.33. The van der Waals surface area contributed by atoms with E-state index in [1.807, 2.05) is 7.05 Å². The predicted octanol–water partition coefficient (Wildman–Crippen LogP) is 3.35. The van der Waals surface area contributed by atoms with E-state index in [1.54, 1.807) is 70.6 Å². The lowest BCUT2D eigenvalue weighted by Gasteiger charge is -2.41. The zero-order valence-corrected chi connectivity index (χ0v) is 25.1. The molecule has 0 aliphatic carbocycles. The molecule has 0 radical (unpaired) electrons. The third kappa shape index (κ3) is 7.54. The Bertz CT molecular complexity index is 1570. The Kier molecular flexibility index (Phi) is 9.88. The first-order valence-corrected chi connectivity index (χ1v) is 15.0. The van der Waals surface area contributed by atoms with Gasteiger partial charge >= 0.3 is 11.9 Å². The van der Waals surface area contributed by atoms with Crippen LogP contribution in [0.3, 0.4) is 0 Å². The highest BCUT2D eigenvalue weighted by molar-refractivity contribution is 5.95. The zero-order chi connectivity index (χ0) is 32.0. The lowest BCUT2D eigenvalue weighted by molar-refractivity contribution is -0.182. The Morgan fingerprint density at radius 3 is 2.51 bits per heavy atom. The van der Waals surface area contributed by atoms with Crippen LogP contribution in [0.2, 0.25) is 0 Å². The number of pyridine rings is 1. The third-order valence-corrected chi connectivity index (χ3v) is 8.44. The van der Waals surface area contributed by atoms with Gasteiger partial charge in [-0.3, -0.25) is 14.6 Å². The molecule has 2 atom stereocenters. The second kappa shape index (κ2) is 14.0. The number of amides is 2. The number of fused-ring (bicyclic) bond motifs is 1. The molecule has 2 aliphatic heterocycles. The summed E-state index contributed by atoms with van der Waals surface area (Å²) in [4.78, 5) is 48.3. The van der Waals surface area contributed by atoms with Gasteiger partial charge in [0, 0.05) is 75.4 Å². The maximum Gasteiger partial charge on any atom is 0.377 e. The minimum atomic E-state index is -3.85. The van der Waals surface area contributed by atoms with Gasteiger partial charge in [-0.15, -0.1) is 0 Å². The molecule has 10 nitrogen and oxygen atoms in total. The number of aromatic nitrogens is 1. The van der Waals surface area contributed by atoms with Crippen LogP contribution in [0.4, 0.5) is 14.5 Å². The van der Waals surface area contributed by atoms with Crippen molar-refractivity contribution in [3.05, 3.63) is 71.9 Å². The minimum absolute atomic E-state index is 0.0172. The van der Waals surface area contributed by atoms with Crippen LogP contribution in [-0.4, -0.2) is 90.8 Å². The van der Waals surface area contributed by atoms with Crippen molar-refractivity contribution in [2.45, 2.75) is 37.8 Å². The monoisotopic (exact) mass is 618 g/mol. The Labute approximate surface area is 260 Å². The van der Waals surface area contributed by atoms with Gasteiger partial charge in [-0.05, 0) is 43.3 Å². The predicted molar refractivity (Wildman–Crippen MR) is 163 cm³/mol. The number of nitrogens with zero attached hydrogens (tertiary/aromatic N) is 5. The molecular formula is C33H36F2N6O4. The van der Waals surface area contributed by atoms with E-state index in [9.17, 15) is 19.6 Å². The second-order valence-electron chi connectivity index (χ2n) is 11.6. The molecule has 0 saturated carbocycles. The molecule has 2 aliphatic rings. The van der Waals surface area contributed by atoms with Gasteiger partial charge in [0.1, 0.15) is 12.7 Å². The van der Waals surface area contributed by atoms with E-state index in [2.05, 4.69) is 21.3 Å². The number of benzene rings is 2. The van der Waals surface area contributed by atoms with Gasteiger partial charge in [-0.1, -0.05) is 30.3 Å². The number of esters is 1. The summed E-state index contributed by atoms with van der Waals surface area (Å²) in [6, 6.07) is 16.6. The fourth-order valence-electron chi connectivity index (χ4n) is 5.91. The first-order valence-electron chi connectivity index (χ1n) is 15.0. The number of alkyl halides is 2. The largest absolute Gasteiger partial charge is 0.456 e. The van der Waals surface area contributed by atoms with Crippen molar-refractivity contribution in [2.75, 3.05) is 51.2 Å². The number of rotatable bonds is 9. The number of nitrogens with one attached hydrogen (secondary N) is 1. The summed E-state index contributed by atoms with van der Waals surface area (Å²) in [5.41, 5.74) is 1.91. The number of ether oxygens (including phenoxy) is 1. The summed E-state index contributed by atoms with van der Waals surface area (Å²) < 4.78 is 36.7. The fraction of sp³-hybridized carbons (Fsp3) is 0.424. The van der Waals surface area contributed by atoms with E-state index >= 15 is 8.78 Å². The minimum Gasteiger partial charge on any atom is -0.456 e. The number of likely N-dealkylation sites (N-methyl/N-ethyl adjacent to an activating group) is 1. The molecule has 0 bridgehead atoms. The van der Waals surface area contributed by atoms with Gasteiger partial charge in [-0.2, -0.15) is 14.0 Å². The smallest absolute Gasteiger partial charge is 0.377 e. The molecule has 2 aromatic carbocycles. The standard InChI is InChI=1S/C33H36F2N6O4/c1-39-14-16-40(17-15-39)30(43)12-11-29(42)38-26-18-25(33(34,35)32(44)45-22-23-6-3-2-4-7-23)20-41(21-26)28-10-9-24(19-36)31-27(28)8-5-13-37-31/h2-10,13,25-26H,11-12,14-18,20-22H2,1H3,(H,38,42). The molecule has 3 heterocycles. The Morgan fingerprint density at radius 2 is 1.78 bits per heavy atom. The van der Waals surface area contributed by atoms with Crippen molar-refractivity contribution in [2.24, 2.45) is 5.92 Å². The molecule has 45 heavy (non-hydrogen) atoms. The maximum absolute atomic E-state index is 15.8. The number of anilines is 1. The highest BCUT2D eigenvalue weighted by Gasteiger charge is 2.52. The Morgan fingerprint density at radius 1 is 1.02 bits per heavy atom. The summed E-state index contributed by atoms with van der Waals surface area (Å²) in [5, 5.41) is 13.0. The van der Waals surface area contributed by atoms with Crippen LogP contribution in [0.25, 0.3) is 10.9 Å². The number of nitriles is 1. The van der Waals surface area contributed by atoms with Crippen LogP contribution in [0, 0.1) is 17.2 Å². The van der Waals surface area contributed by atoms with E-state index in [0.717, 1.165) is 13.1 Å². The number of piperidine rings is 1. The van der Waals surface area contributed by atoms with Gasteiger partial charge in [0.25, 0.3) is 0 Å². The molecule has 3 aromatic rings. The first kappa shape index (κ1) is 31.8. The van der Waals surface area contributed by atoms with Crippen LogP contribution in [0.5, 0.6) is 0 Å². The van der Waals surface area contributed by atoms with E-state index in [0.29, 0.717) is 40.8 Å². The van der Waals surface area contributed by atoms with E-state index < -0.39 is 29.8 Å². The molecule has 1 aromatic heterocycles. The number of halogens is 2. The Hall–Kier alpha value is -4.63. The highest BCUT2D eigenvalue weighted by Crippen LogP contribution is 2.37. The molecular weight excluding hydrogens is 582 g/mol. The molecule has 236 valence electrons.